The SMILES string of the molecule is C=C(C)[C@H]1CC[C@H]2C=CCC[C@@]2(Br)[C@@H]1O. The molecule has 2 aliphatic carbocycles. The van der Waals surface area contributed by atoms with Crippen LogP contribution in [0.5, 0.6) is 0 Å². The molecule has 0 aromatic heterocycles. The van der Waals surface area contributed by atoms with Crippen LogP contribution in [0, 0.1) is 11.8 Å². The number of fused-ring (bicyclic) bond motifs is 1. The lowest BCUT2D eigenvalue weighted by atomic mass is 9.66. The van der Waals surface area contributed by atoms with Gasteiger partial charge >= 0.3 is 0 Å². The Morgan fingerprint density at radius 3 is 2.93 bits per heavy atom. The Kier molecular flexibility index (Phi) is 3.09. The van der Waals surface area contributed by atoms with Crippen LogP contribution in [0.2, 0.25) is 0 Å². The van der Waals surface area contributed by atoms with Gasteiger partial charge in [-0.1, -0.05) is 40.2 Å². The summed E-state index contributed by atoms with van der Waals surface area (Å²) in [6, 6.07) is 0. The van der Waals surface area contributed by atoms with Gasteiger partial charge in [0, 0.05) is 5.92 Å². The van der Waals surface area contributed by atoms with E-state index in [-0.39, 0.29) is 16.3 Å². The Bertz CT molecular complexity index is 297. The van der Waals surface area contributed by atoms with E-state index in [0.29, 0.717) is 5.92 Å². The first kappa shape index (κ1) is 11.4. The minimum Gasteiger partial charge on any atom is -0.391 e. The molecule has 0 unspecified atom stereocenters. The highest BCUT2D eigenvalue weighted by Crippen LogP contribution is 2.50. The molecule has 0 aromatic rings. The van der Waals surface area contributed by atoms with Gasteiger partial charge < -0.3 is 5.11 Å². The summed E-state index contributed by atoms with van der Waals surface area (Å²) in [5.41, 5.74) is 1.12. The number of aliphatic hydroxyl groups is 1. The molecule has 0 aromatic carbocycles. The van der Waals surface area contributed by atoms with Crippen molar-refractivity contribution in [3.63, 3.8) is 0 Å². The summed E-state index contributed by atoms with van der Waals surface area (Å²) in [6.45, 7) is 6.03. The zero-order chi connectivity index (χ0) is 11.1. The van der Waals surface area contributed by atoms with E-state index in [0.717, 1.165) is 31.3 Å². The molecule has 0 amide bonds. The second-order valence-electron chi connectivity index (χ2n) is 4.98. The van der Waals surface area contributed by atoms with Gasteiger partial charge in [0.05, 0.1) is 10.4 Å². The van der Waals surface area contributed by atoms with E-state index in [2.05, 4.69) is 34.7 Å². The lowest BCUT2D eigenvalue weighted by Gasteiger charge is -2.48. The zero-order valence-electron chi connectivity index (χ0n) is 9.25. The molecule has 0 spiro atoms. The number of rotatable bonds is 1. The number of allylic oxidation sites excluding steroid dienone is 2. The molecular formula is C13H19BrO. The largest absolute Gasteiger partial charge is 0.391 e. The molecule has 0 saturated heterocycles. The maximum Gasteiger partial charge on any atom is 0.0764 e. The molecule has 2 rings (SSSR count). The van der Waals surface area contributed by atoms with Crippen molar-refractivity contribution in [3.8, 4) is 0 Å². The molecule has 84 valence electrons. The quantitative estimate of drug-likeness (QED) is 0.572. The minimum atomic E-state index is -0.279. The highest BCUT2D eigenvalue weighted by atomic mass is 79.9. The van der Waals surface area contributed by atoms with Crippen LogP contribution in [0.15, 0.2) is 24.3 Å². The Balaban J connectivity index is 2.25. The van der Waals surface area contributed by atoms with Crippen molar-refractivity contribution < 1.29 is 5.11 Å². The summed E-state index contributed by atoms with van der Waals surface area (Å²) < 4.78 is -0.0936. The van der Waals surface area contributed by atoms with Crippen LogP contribution in [-0.2, 0) is 0 Å². The fraction of sp³-hybridized carbons (Fsp3) is 0.692. The van der Waals surface area contributed by atoms with Gasteiger partial charge in [-0.2, -0.15) is 0 Å². The van der Waals surface area contributed by atoms with Crippen LogP contribution < -0.4 is 0 Å². The molecule has 2 aliphatic rings. The van der Waals surface area contributed by atoms with Gasteiger partial charge in [-0.05, 0) is 38.5 Å². The van der Waals surface area contributed by atoms with E-state index in [4.69, 9.17) is 0 Å². The number of hydrogen-bond donors (Lipinski definition) is 1. The lowest BCUT2D eigenvalue weighted by Crippen LogP contribution is -2.51. The highest BCUT2D eigenvalue weighted by Gasteiger charge is 2.48. The molecule has 0 radical (unpaired) electrons. The second kappa shape index (κ2) is 4.06. The van der Waals surface area contributed by atoms with Gasteiger partial charge in [-0.25, -0.2) is 0 Å². The third kappa shape index (κ3) is 1.83. The summed E-state index contributed by atoms with van der Waals surface area (Å²) in [4.78, 5) is 0. The molecule has 0 heterocycles. The zero-order valence-corrected chi connectivity index (χ0v) is 10.8. The lowest BCUT2D eigenvalue weighted by molar-refractivity contribution is 0.0298. The van der Waals surface area contributed by atoms with Crippen LogP contribution >= 0.6 is 15.9 Å². The van der Waals surface area contributed by atoms with Crippen LogP contribution in [0.4, 0.5) is 0 Å². The number of halogens is 1. The van der Waals surface area contributed by atoms with E-state index in [1.54, 1.807) is 0 Å². The molecule has 1 nitrogen and oxygen atoms in total. The van der Waals surface area contributed by atoms with Crippen LogP contribution in [0.1, 0.15) is 32.6 Å². The number of alkyl halides is 1. The predicted molar refractivity (Wildman–Crippen MR) is 67.1 cm³/mol. The summed E-state index contributed by atoms with van der Waals surface area (Å²) >= 11 is 3.80. The summed E-state index contributed by atoms with van der Waals surface area (Å²) in [6.07, 6.45) is 8.59. The van der Waals surface area contributed by atoms with Crippen molar-refractivity contribution in [1.29, 1.82) is 0 Å². The topological polar surface area (TPSA) is 20.2 Å². The van der Waals surface area contributed by atoms with E-state index in [1.165, 1.54) is 0 Å². The van der Waals surface area contributed by atoms with Gasteiger partial charge in [0.25, 0.3) is 0 Å². The minimum absolute atomic E-state index is 0.0936. The van der Waals surface area contributed by atoms with Crippen LogP contribution in [0.25, 0.3) is 0 Å². The van der Waals surface area contributed by atoms with E-state index >= 15 is 0 Å². The first-order chi connectivity index (χ1) is 7.05. The first-order valence-corrected chi connectivity index (χ1v) is 6.54. The maximum absolute atomic E-state index is 10.5. The number of hydrogen-bond acceptors (Lipinski definition) is 1. The van der Waals surface area contributed by atoms with Crippen molar-refractivity contribution in [3.05, 3.63) is 24.3 Å². The molecule has 2 heteroatoms. The summed E-state index contributed by atoms with van der Waals surface area (Å²) in [5, 5.41) is 10.5. The molecule has 1 fully saturated rings. The van der Waals surface area contributed by atoms with E-state index in [1.807, 2.05) is 6.92 Å². The van der Waals surface area contributed by atoms with Gasteiger partial charge in [-0.15, -0.1) is 0 Å². The summed E-state index contributed by atoms with van der Waals surface area (Å²) in [7, 11) is 0. The van der Waals surface area contributed by atoms with Gasteiger partial charge in [0.1, 0.15) is 0 Å². The van der Waals surface area contributed by atoms with Gasteiger partial charge in [0.2, 0.25) is 0 Å². The average Bonchev–Trinajstić information content (AvgIpc) is 2.19. The van der Waals surface area contributed by atoms with Crippen molar-refractivity contribution in [1.82, 2.24) is 0 Å². The third-order valence-electron chi connectivity index (χ3n) is 3.97. The molecule has 15 heavy (non-hydrogen) atoms. The Morgan fingerprint density at radius 2 is 2.27 bits per heavy atom. The van der Waals surface area contributed by atoms with Crippen LogP contribution in [0.3, 0.4) is 0 Å². The Morgan fingerprint density at radius 1 is 1.53 bits per heavy atom. The molecule has 0 bridgehead atoms. The molecule has 0 aliphatic heterocycles. The monoisotopic (exact) mass is 270 g/mol. The van der Waals surface area contributed by atoms with Crippen LogP contribution in [-0.4, -0.2) is 15.5 Å². The first-order valence-electron chi connectivity index (χ1n) is 5.75. The summed E-state index contributed by atoms with van der Waals surface area (Å²) in [5.74, 6) is 0.768. The van der Waals surface area contributed by atoms with Crippen molar-refractivity contribution in [2.24, 2.45) is 11.8 Å². The normalized spacial score (nSPS) is 44.9. The van der Waals surface area contributed by atoms with E-state index < -0.39 is 0 Å². The second-order valence-corrected chi connectivity index (χ2v) is 6.45. The standard InChI is InChI=1S/C13H19BrO/c1-9(2)11-7-6-10-5-3-4-8-13(10,14)12(11)15/h3,5,10-12,15H,1,4,6-8H2,2H3/t10-,11-,12-,13+/m1/s1. The van der Waals surface area contributed by atoms with Gasteiger partial charge in [0.15, 0.2) is 0 Å². The fourth-order valence-electron chi connectivity index (χ4n) is 2.98. The van der Waals surface area contributed by atoms with E-state index in [9.17, 15) is 5.11 Å². The molecule has 1 saturated carbocycles. The van der Waals surface area contributed by atoms with Crippen molar-refractivity contribution in [2.75, 3.05) is 0 Å². The smallest absolute Gasteiger partial charge is 0.0764 e. The molecule has 4 atom stereocenters. The third-order valence-corrected chi connectivity index (χ3v) is 5.43. The Hall–Kier alpha value is -0.0800. The molecular weight excluding hydrogens is 252 g/mol. The van der Waals surface area contributed by atoms with Crippen molar-refractivity contribution >= 4 is 15.9 Å². The highest BCUT2D eigenvalue weighted by molar-refractivity contribution is 9.10. The predicted octanol–water partition coefficient (Wildman–Crippen LogP) is 3.43. The fourth-order valence-corrected chi connectivity index (χ4v) is 3.91. The van der Waals surface area contributed by atoms with Gasteiger partial charge in [-0.3, -0.25) is 0 Å². The average molecular weight is 271 g/mol. The molecule has 1 N–H and O–H groups in total. The maximum atomic E-state index is 10.5. The number of aliphatic hydroxyl groups excluding tert-OH is 1. The van der Waals surface area contributed by atoms with Crippen molar-refractivity contribution in [2.45, 2.75) is 43.0 Å². The Labute approximate surface area is 100 Å².